The van der Waals surface area contributed by atoms with Crippen LogP contribution in [0.15, 0.2) is 0 Å². The van der Waals surface area contributed by atoms with Gasteiger partial charge in [-0.15, -0.1) is 0 Å². The van der Waals surface area contributed by atoms with E-state index in [4.69, 9.17) is 9.47 Å². The Morgan fingerprint density at radius 2 is 2.25 bits per heavy atom. The van der Waals surface area contributed by atoms with Crippen molar-refractivity contribution in [3.63, 3.8) is 0 Å². The molecule has 1 rings (SSSR count). The van der Waals surface area contributed by atoms with Crippen molar-refractivity contribution in [2.45, 2.75) is 57.8 Å². The number of carbonyl (C=O) groups is 1. The fourth-order valence-corrected chi connectivity index (χ4v) is 2.08. The van der Waals surface area contributed by atoms with Gasteiger partial charge in [0.2, 0.25) is 0 Å². The molecular formula is C12H22O4. The lowest BCUT2D eigenvalue weighted by atomic mass is 10.0. The number of methoxy groups -OCH3 is 1. The van der Waals surface area contributed by atoms with Crippen LogP contribution in [0.1, 0.15) is 39.5 Å². The van der Waals surface area contributed by atoms with Crippen LogP contribution in [-0.2, 0) is 14.3 Å². The number of aliphatic hydroxyl groups is 1. The summed E-state index contributed by atoms with van der Waals surface area (Å²) in [6.45, 7) is 3.78. The zero-order chi connectivity index (χ0) is 12.1. The first-order valence-electron chi connectivity index (χ1n) is 5.99. The molecule has 1 saturated heterocycles. The Kier molecular flexibility index (Phi) is 5.22. The number of aliphatic hydroxyl groups excluding tert-OH is 1. The minimum atomic E-state index is -0.294. The Balaban J connectivity index is 2.37. The average molecular weight is 232 g/mol. The quantitative estimate of drug-likeness (QED) is 0.576. The van der Waals surface area contributed by atoms with Gasteiger partial charge in [-0.2, -0.15) is 0 Å². The van der Waals surface area contributed by atoms with Crippen molar-refractivity contribution >= 4 is 5.97 Å². The van der Waals surface area contributed by atoms with Crippen LogP contribution in [0, 0.1) is 5.92 Å². The summed E-state index contributed by atoms with van der Waals surface area (Å²) in [4.78, 5) is 11.3. The highest BCUT2D eigenvalue weighted by atomic mass is 16.6. The molecule has 0 bridgehead atoms. The lowest BCUT2D eigenvalue weighted by Crippen LogP contribution is -2.27. The van der Waals surface area contributed by atoms with E-state index in [0.717, 1.165) is 19.3 Å². The molecule has 4 atom stereocenters. The van der Waals surface area contributed by atoms with Crippen LogP contribution in [0.3, 0.4) is 0 Å². The highest BCUT2D eigenvalue weighted by molar-refractivity contribution is 5.72. The molecular weight excluding hydrogens is 210 g/mol. The lowest BCUT2D eigenvalue weighted by Gasteiger charge is -2.19. The van der Waals surface area contributed by atoms with E-state index in [-0.39, 0.29) is 30.2 Å². The highest BCUT2D eigenvalue weighted by Crippen LogP contribution is 2.28. The molecule has 1 N–H and O–H groups in total. The number of rotatable bonds is 5. The van der Waals surface area contributed by atoms with Gasteiger partial charge in [-0.25, -0.2) is 0 Å². The predicted octanol–water partition coefficient (Wildman–Crippen LogP) is 1.50. The molecule has 16 heavy (non-hydrogen) atoms. The third kappa shape index (κ3) is 3.46. The Morgan fingerprint density at radius 1 is 1.56 bits per heavy atom. The zero-order valence-corrected chi connectivity index (χ0v) is 10.3. The van der Waals surface area contributed by atoms with E-state index in [1.807, 2.05) is 13.8 Å². The van der Waals surface area contributed by atoms with Gasteiger partial charge in [-0.05, 0) is 32.6 Å². The number of ether oxygens (including phenoxy) is 2. The second kappa shape index (κ2) is 6.21. The van der Waals surface area contributed by atoms with Crippen molar-refractivity contribution in [3.8, 4) is 0 Å². The fourth-order valence-electron chi connectivity index (χ4n) is 2.08. The molecule has 0 aromatic rings. The highest BCUT2D eigenvalue weighted by Gasteiger charge is 2.33. The normalized spacial score (nSPS) is 28.8. The molecule has 0 amide bonds. The molecule has 0 aromatic heterocycles. The van der Waals surface area contributed by atoms with Crippen LogP contribution in [0.4, 0.5) is 0 Å². The molecule has 4 nitrogen and oxygen atoms in total. The van der Waals surface area contributed by atoms with Crippen LogP contribution in [0.2, 0.25) is 0 Å². The minimum absolute atomic E-state index is 0.0542. The van der Waals surface area contributed by atoms with Gasteiger partial charge in [0.15, 0.2) is 0 Å². The fraction of sp³-hybridized carbons (Fsp3) is 0.917. The van der Waals surface area contributed by atoms with E-state index >= 15 is 0 Å². The largest absolute Gasteiger partial charge is 0.469 e. The molecule has 0 aromatic carbocycles. The van der Waals surface area contributed by atoms with Gasteiger partial charge in [0, 0.05) is 0 Å². The third-order valence-corrected chi connectivity index (χ3v) is 3.28. The van der Waals surface area contributed by atoms with E-state index in [9.17, 15) is 9.90 Å². The van der Waals surface area contributed by atoms with Gasteiger partial charge in [0.1, 0.15) is 0 Å². The molecule has 94 valence electrons. The van der Waals surface area contributed by atoms with Crippen molar-refractivity contribution in [1.82, 2.24) is 0 Å². The molecule has 0 saturated carbocycles. The van der Waals surface area contributed by atoms with E-state index < -0.39 is 0 Å². The summed E-state index contributed by atoms with van der Waals surface area (Å²) in [5, 5.41) is 9.53. The summed E-state index contributed by atoms with van der Waals surface area (Å²) in [6, 6.07) is 0. The zero-order valence-electron chi connectivity index (χ0n) is 10.3. The Morgan fingerprint density at radius 3 is 2.81 bits per heavy atom. The Hall–Kier alpha value is -0.610. The number of hydrogen-bond acceptors (Lipinski definition) is 4. The maximum Gasteiger partial charge on any atom is 0.311 e. The van der Waals surface area contributed by atoms with Crippen molar-refractivity contribution in [2.75, 3.05) is 7.11 Å². The summed E-state index contributed by atoms with van der Waals surface area (Å²) >= 11 is 0. The number of esters is 1. The number of carbonyl (C=O) groups excluding carboxylic acids is 1. The first kappa shape index (κ1) is 13.5. The van der Waals surface area contributed by atoms with Crippen LogP contribution in [0.5, 0.6) is 0 Å². The summed E-state index contributed by atoms with van der Waals surface area (Å²) in [6.07, 6.45) is 2.95. The summed E-state index contributed by atoms with van der Waals surface area (Å²) in [5.41, 5.74) is 0. The van der Waals surface area contributed by atoms with Gasteiger partial charge in [0.05, 0.1) is 31.3 Å². The van der Waals surface area contributed by atoms with E-state index in [1.54, 1.807) is 0 Å². The van der Waals surface area contributed by atoms with E-state index in [0.29, 0.717) is 6.42 Å². The second-order valence-corrected chi connectivity index (χ2v) is 4.48. The van der Waals surface area contributed by atoms with E-state index in [1.165, 1.54) is 7.11 Å². The second-order valence-electron chi connectivity index (χ2n) is 4.48. The third-order valence-electron chi connectivity index (χ3n) is 3.28. The first-order valence-corrected chi connectivity index (χ1v) is 5.99. The lowest BCUT2D eigenvalue weighted by molar-refractivity contribution is -0.150. The van der Waals surface area contributed by atoms with Gasteiger partial charge < -0.3 is 14.6 Å². The van der Waals surface area contributed by atoms with E-state index in [2.05, 4.69) is 0 Å². The monoisotopic (exact) mass is 232 g/mol. The topological polar surface area (TPSA) is 55.8 Å². The molecule has 4 heteroatoms. The average Bonchev–Trinajstić information content (AvgIpc) is 2.75. The van der Waals surface area contributed by atoms with Crippen molar-refractivity contribution in [1.29, 1.82) is 0 Å². The van der Waals surface area contributed by atoms with Gasteiger partial charge in [-0.3, -0.25) is 4.79 Å². The summed E-state index contributed by atoms with van der Waals surface area (Å²) < 4.78 is 10.5. The molecule has 4 unspecified atom stereocenters. The molecule has 1 heterocycles. The van der Waals surface area contributed by atoms with Crippen molar-refractivity contribution < 1.29 is 19.4 Å². The Bertz CT molecular complexity index is 229. The van der Waals surface area contributed by atoms with Crippen molar-refractivity contribution in [3.05, 3.63) is 0 Å². The smallest absolute Gasteiger partial charge is 0.311 e. The molecule has 0 spiro atoms. The minimum Gasteiger partial charge on any atom is -0.469 e. The molecule has 0 aliphatic carbocycles. The predicted molar refractivity (Wildman–Crippen MR) is 60.0 cm³/mol. The molecule has 1 aliphatic rings. The SMILES string of the molecule is CCC(O)[13CH2][13CH]1CCC(C(C)C(=O)OC)O1. The van der Waals surface area contributed by atoms with Crippen LogP contribution >= 0.6 is 0 Å². The number of hydrogen-bond donors (Lipinski definition) is 1. The maximum atomic E-state index is 11.3. The Labute approximate surface area is 96.9 Å². The summed E-state index contributed by atoms with van der Waals surface area (Å²) in [5.74, 6) is -0.435. The molecule has 0 radical (unpaired) electrons. The summed E-state index contributed by atoms with van der Waals surface area (Å²) in [7, 11) is 1.39. The molecule has 1 fully saturated rings. The van der Waals surface area contributed by atoms with Gasteiger partial charge in [-0.1, -0.05) is 6.92 Å². The van der Waals surface area contributed by atoms with Crippen LogP contribution in [-0.4, -0.2) is 36.5 Å². The maximum absolute atomic E-state index is 11.3. The van der Waals surface area contributed by atoms with Crippen molar-refractivity contribution in [2.24, 2.45) is 5.92 Å². The van der Waals surface area contributed by atoms with Crippen LogP contribution in [0.25, 0.3) is 0 Å². The first-order chi connectivity index (χ1) is 7.58. The van der Waals surface area contributed by atoms with Gasteiger partial charge in [0.25, 0.3) is 0 Å². The standard InChI is InChI=1S/C12H22O4/c1-4-9(13)7-10-5-6-11(16-10)8(2)12(14)15-3/h8-11,13H,4-7H2,1-3H3/i7+1,10+1. The van der Waals surface area contributed by atoms with Crippen LogP contribution < -0.4 is 0 Å². The molecule has 1 aliphatic heterocycles. The van der Waals surface area contributed by atoms with Gasteiger partial charge >= 0.3 is 5.97 Å².